The van der Waals surface area contributed by atoms with Gasteiger partial charge in [-0.1, -0.05) is 54.6 Å². The maximum Gasteiger partial charge on any atom is 0.317 e. The van der Waals surface area contributed by atoms with Crippen molar-refractivity contribution in [1.29, 1.82) is 0 Å². The molecule has 1 heterocycles. The van der Waals surface area contributed by atoms with Crippen molar-refractivity contribution in [2.75, 3.05) is 18.6 Å². The maximum atomic E-state index is 13.3. The van der Waals surface area contributed by atoms with Crippen LogP contribution in [0, 0.1) is 5.92 Å². The van der Waals surface area contributed by atoms with Gasteiger partial charge in [-0.15, -0.1) is 23.5 Å². The molecule has 4 rings (SSSR count). The standard InChI is InChI=1S/C21H20O3S2/c1-24-20(23)17-18(14-8-3-2-4-9-14)21(25-12-7-13-26-21)16-11-6-5-10-15(16)19(17)22/h2-6,8-11,17-18H,7,12-13H2,1H3. The summed E-state index contributed by atoms with van der Waals surface area (Å²) in [6.07, 6.45) is 1.14. The van der Waals surface area contributed by atoms with Gasteiger partial charge in [0.1, 0.15) is 5.92 Å². The third-order valence-corrected chi connectivity index (χ3v) is 8.63. The number of thioether (sulfide) groups is 2. The fraction of sp³-hybridized carbons (Fsp3) is 0.333. The summed E-state index contributed by atoms with van der Waals surface area (Å²) >= 11 is 3.74. The zero-order valence-electron chi connectivity index (χ0n) is 14.5. The van der Waals surface area contributed by atoms with Gasteiger partial charge in [-0.25, -0.2) is 0 Å². The molecule has 5 heteroatoms. The van der Waals surface area contributed by atoms with E-state index < -0.39 is 11.9 Å². The molecule has 3 nitrogen and oxygen atoms in total. The lowest BCUT2D eigenvalue weighted by molar-refractivity contribution is -0.144. The lowest BCUT2D eigenvalue weighted by Gasteiger charge is -2.48. The van der Waals surface area contributed by atoms with E-state index in [0.717, 1.165) is 29.1 Å². The SMILES string of the molecule is COC(=O)C1C(=O)c2ccccc2C2(SCCCS2)C1c1ccccc1. The molecule has 2 atom stereocenters. The number of benzene rings is 2. The summed E-state index contributed by atoms with van der Waals surface area (Å²) in [7, 11) is 1.37. The van der Waals surface area contributed by atoms with Crippen molar-refractivity contribution in [2.24, 2.45) is 5.92 Å². The lowest BCUT2D eigenvalue weighted by Crippen LogP contribution is -2.46. The van der Waals surface area contributed by atoms with E-state index in [0.29, 0.717) is 5.56 Å². The number of esters is 1. The highest BCUT2D eigenvalue weighted by Crippen LogP contribution is 2.63. The summed E-state index contributed by atoms with van der Waals surface area (Å²) in [4.78, 5) is 26.0. The summed E-state index contributed by atoms with van der Waals surface area (Å²) in [5, 5.41) is 0. The largest absolute Gasteiger partial charge is 0.468 e. The Hall–Kier alpha value is -1.72. The van der Waals surface area contributed by atoms with Gasteiger partial charge in [0.25, 0.3) is 0 Å². The van der Waals surface area contributed by atoms with E-state index in [2.05, 4.69) is 6.07 Å². The first-order valence-electron chi connectivity index (χ1n) is 8.73. The quantitative estimate of drug-likeness (QED) is 0.564. The van der Waals surface area contributed by atoms with E-state index in [1.165, 1.54) is 7.11 Å². The van der Waals surface area contributed by atoms with Gasteiger partial charge < -0.3 is 4.74 Å². The number of methoxy groups -OCH3 is 1. The molecule has 1 fully saturated rings. The minimum absolute atomic E-state index is 0.126. The molecule has 26 heavy (non-hydrogen) atoms. The summed E-state index contributed by atoms with van der Waals surface area (Å²) in [5.74, 6) is 0.423. The van der Waals surface area contributed by atoms with E-state index in [1.54, 1.807) is 0 Å². The first-order valence-corrected chi connectivity index (χ1v) is 10.7. The van der Waals surface area contributed by atoms with Crippen LogP contribution in [0.25, 0.3) is 0 Å². The Kier molecular flexibility index (Phi) is 4.84. The molecule has 2 unspecified atom stereocenters. The van der Waals surface area contributed by atoms with Crippen molar-refractivity contribution >= 4 is 35.3 Å². The molecular weight excluding hydrogens is 364 g/mol. The van der Waals surface area contributed by atoms with Gasteiger partial charge in [0, 0.05) is 11.5 Å². The van der Waals surface area contributed by atoms with E-state index >= 15 is 0 Å². The number of Topliss-reactive ketones (excluding diaryl/α,β-unsaturated/α-hetero) is 1. The molecule has 2 aromatic rings. The molecule has 1 aliphatic heterocycles. The molecular formula is C21H20O3S2. The molecule has 0 radical (unpaired) electrons. The average Bonchev–Trinajstić information content (AvgIpc) is 2.71. The lowest BCUT2D eigenvalue weighted by atomic mass is 9.71. The van der Waals surface area contributed by atoms with Crippen molar-refractivity contribution in [2.45, 2.75) is 16.4 Å². The first-order chi connectivity index (χ1) is 12.7. The molecule has 0 aromatic heterocycles. The van der Waals surface area contributed by atoms with Crippen LogP contribution in [0.15, 0.2) is 54.6 Å². The summed E-state index contributed by atoms with van der Waals surface area (Å²) in [6, 6.07) is 17.7. The molecule has 0 bridgehead atoms. The summed E-state index contributed by atoms with van der Waals surface area (Å²) in [5.41, 5.74) is 2.73. The average molecular weight is 385 g/mol. The van der Waals surface area contributed by atoms with Gasteiger partial charge in [0.05, 0.1) is 11.2 Å². The van der Waals surface area contributed by atoms with Crippen LogP contribution in [0.3, 0.4) is 0 Å². The summed E-state index contributed by atoms with van der Waals surface area (Å²) < 4.78 is 4.74. The van der Waals surface area contributed by atoms with Gasteiger partial charge >= 0.3 is 5.97 Å². The van der Waals surface area contributed by atoms with Gasteiger partial charge in [0.2, 0.25) is 0 Å². The second-order valence-corrected chi connectivity index (χ2v) is 9.46. The third kappa shape index (κ3) is 2.69. The molecule has 0 amide bonds. The number of carbonyl (C=O) groups excluding carboxylic acids is 2. The number of rotatable bonds is 2. The fourth-order valence-corrected chi connectivity index (χ4v) is 7.80. The van der Waals surface area contributed by atoms with Crippen molar-refractivity contribution in [1.82, 2.24) is 0 Å². The second kappa shape index (κ2) is 7.12. The monoisotopic (exact) mass is 384 g/mol. The Morgan fingerprint density at radius 2 is 1.69 bits per heavy atom. The van der Waals surface area contributed by atoms with Crippen LogP contribution in [0.5, 0.6) is 0 Å². The molecule has 134 valence electrons. The van der Waals surface area contributed by atoms with Crippen molar-refractivity contribution in [3.05, 3.63) is 71.3 Å². The minimum Gasteiger partial charge on any atom is -0.468 e. The number of hydrogen-bond donors (Lipinski definition) is 0. The van der Waals surface area contributed by atoms with Crippen LogP contribution in [-0.4, -0.2) is 30.4 Å². The van der Waals surface area contributed by atoms with Crippen LogP contribution in [0.4, 0.5) is 0 Å². The third-order valence-electron chi connectivity index (χ3n) is 5.13. The van der Waals surface area contributed by atoms with Crippen molar-refractivity contribution in [3.63, 3.8) is 0 Å². The highest BCUT2D eigenvalue weighted by Gasteiger charge is 2.56. The Bertz CT molecular complexity index is 828. The number of carbonyl (C=O) groups is 2. The molecule has 1 aliphatic carbocycles. The molecule has 0 N–H and O–H groups in total. The van der Waals surface area contributed by atoms with Crippen LogP contribution < -0.4 is 0 Å². The highest BCUT2D eigenvalue weighted by atomic mass is 32.2. The van der Waals surface area contributed by atoms with Crippen LogP contribution in [-0.2, 0) is 13.6 Å². The van der Waals surface area contributed by atoms with Crippen LogP contribution in [0.2, 0.25) is 0 Å². The Labute approximate surface area is 161 Å². The van der Waals surface area contributed by atoms with Crippen LogP contribution in [0.1, 0.15) is 33.8 Å². The number of fused-ring (bicyclic) bond motifs is 2. The Balaban J connectivity index is 1.99. The van der Waals surface area contributed by atoms with Crippen molar-refractivity contribution < 1.29 is 14.3 Å². The molecule has 2 aromatic carbocycles. The van der Waals surface area contributed by atoms with Gasteiger partial charge in [-0.3, -0.25) is 9.59 Å². The predicted octanol–water partition coefficient (Wildman–Crippen LogP) is 4.48. The molecule has 1 spiro atoms. The minimum atomic E-state index is -0.810. The Morgan fingerprint density at radius 1 is 1.04 bits per heavy atom. The number of ketones is 1. The zero-order chi connectivity index (χ0) is 18.1. The highest BCUT2D eigenvalue weighted by molar-refractivity contribution is 8.18. The Morgan fingerprint density at radius 3 is 2.38 bits per heavy atom. The van der Waals surface area contributed by atoms with Crippen LogP contribution >= 0.6 is 23.5 Å². The molecule has 1 saturated heterocycles. The first kappa shape index (κ1) is 17.7. The van der Waals surface area contributed by atoms with Gasteiger partial charge in [-0.2, -0.15) is 0 Å². The fourth-order valence-electron chi connectivity index (χ4n) is 4.03. The zero-order valence-corrected chi connectivity index (χ0v) is 16.1. The number of hydrogen-bond acceptors (Lipinski definition) is 5. The maximum absolute atomic E-state index is 13.3. The summed E-state index contributed by atoms with van der Waals surface area (Å²) in [6.45, 7) is 0. The smallest absolute Gasteiger partial charge is 0.317 e. The number of ether oxygens (including phenoxy) is 1. The van der Waals surface area contributed by atoms with Crippen molar-refractivity contribution in [3.8, 4) is 0 Å². The second-order valence-electron chi connectivity index (χ2n) is 6.52. The van der Waals surface area contributed by atoms with E-state index in [1.807, 2.05) is 72.1 Å². The topological polar surface area (TPSA) is 43.4 Å². The van der Waals surface area contributed by atoms with E-state index in [9.17, 15) is 9.59 Å². The van der Waals surface area contributed by atoms with E-state index in [4.69, 9.17) is 4.74 Å². The molecule has 0 saturated carbocycles. The van der Waals surface area contributed by atoms with E-state index in [-0.39, 0.29) is 15.8 Å². The predicted molar refractivity (Wildman–Crippen MR) is 107 cm³/mol. The molecule has 2 aliphatic rings. The normalized spacial score (nSPS) is 24.1. The van der Waals surface area contributed by atoms with Gasteiger partial charge in [0.15, 0.2) is 5.78 Å². The van der Waals surface area contributed by atoms with Gasteiger partial charge in [-0.05, 0) is 29.1 Å².